The first-order valence-corrected chi connectivity index (χ1v) is 12.4. The van der Waals surface area contributed by atoms with Gasteiger partial charge in [-0.3, -0.25) is 4.79 Å². The van der Waals surface area contributed by atoms with Crippen molar-refractivity contribution in [1.82, 2.24) is 5.43 Å². The molecule has 0 aliphatic rings. The molecule has 0 saturated heterocycles. The van der Waals surface area contributed by atoms with Crippen LogP contribution in [0.15, 0.2) is 71.8 Å². The minimum Gasteiger partial charge on any atom is -0.490 e. The Bertz CT molecular complexity index is 1100. The van der Waals surface area contributed by atoms with Crippen molar-refractivity contribution >= 4 is 17.8 Å². The van der Waals surface area contributed by atoms with E-state index in [1.165, 1.54) is 5.56 Å². The molecule has 1 amide bonds. The highest BCUT2D eigenvalue weighted by molar-refractivity contribution is 5.96. The molecule has 0 atom stereocenters. The summed E-state index contributed by atoms with van der Waals surface area (Å²) in [6, 6.07) is 21.8. The molecule has 0 bridgehead atoms. The van der Waals surface area contributed by atoms with Crippen molar-refractivity contribution in [1.29, 1.82) is 0 Å². The normalized spacial score (nSPS) is 10.8. The number of anilines is 1. The quantitative estimate of drug-likeness (QED) is 0.247. The van der Waals surface area contributed by atoms with E-state index in [9.17, 15) is 4.79 Å². The predicted molar refractivity (Wildman–Crippen MR) is 145 cm³/mol. The van der Waals surface area contributed by atoms with Crippen LogP contribution in [0.3, 0.4) is 0 Å². The Morgan fingerprint density at radius 1 is 0.861 bits per heavy atom. The molecule has 190 valence electrons. The summed E-state index contributed by atoms with van der Waals surface area (Å²) >= 11 is 0. The minimum absolute atomic E-state index is 0.368. The molecule has 0 radical (unpaired) electrons. The molecule has 0 fully saturated rings. The molecule has 0 aliphatic carbocycles. The summed E-state index contributed by atoms with van der Waals surface area (Å²) in [7, 11) is 0. The zero-order valence-corrected chi connectivity index (χ0v) is 21.5. The van der Waals surface area contributed by atoms with Crippen molar-refractivity contribution in [3.05, 3.63) is 83.4 Å². The molecule has 3 aromatic rings. The SMILES string of the molecule is CCOc1cc(C(=O)NN=Cc2ccc(N(CC)Cc3ccccc3)cc2)cc(OCC)c1OCC. The summed E-state index contributed by atoms with van der Waals surface area (Å²) in [5, 5.41) is 4.14. The van der Waals surface area contributed by atoms with Crippen LogP contribution in [0.5, 0.6) is 17.2 Å². The summed E-state index contributed by atoms with van der Waals surface area (Å²) in [6.45, 7) is 10.8. The number of carbonyl (C=O) groups excluding carboxylic acids is 1. The third-order valence-electron chi connectivity index (χ3n) is 5.41. The van der Waals surface area contributed by atoms with Gasteiger partial charge >= 0.3 is 0 Å². The summed E-state index contributed by atoms with van der Waals surface area (Å²) in [4.78, 5) is 15.1. The third-order valence-corrected chi connectivity index (χ3v) is 5.41. The largest absolute Gasteiger partial charge is 0.490 e. The lowest BCUT2D eigenvalue weighted by Gasteiger charge is -2.23. The second-order valence-electron chi connectivity index (χ2n) is 7.89. The number of hydrazone groups is 1. The molecule has 3 aromatic carbocycles. The monoisotopic (exact) mass is 489 g/mol. The Morgan fingerprint density at radius 2 is 1.47 bits per heavy atom. The fourth-order valence-corrected chi connectivity index (χ4v) is 3.71. The van der Waals surface area contributed by atoms with Gasteiger partial charge in [-0.05, 0) is 63.1 Å². The third kappa shape index (κ3) is 7.25. The molecule has 7 nitrogen and oxygen atoms in total. The molecule has 0 heterocycles. The van der Waals surface area contributed by atoms with Crippen LogP contribution in [0.1, 0.15) is 49.2 Å². The highest BCUT2D eigenvalue weighted by Gasteiger charge is 2.18. The van der Waals surface area contributed by atoms with E-state index in [0.29, 0.717) is 42.6 Å². The smallest absolute Gasteiger partial charge is 0.271 e. The molecule has 3 rings (SSSR count). The Hall–Kier alpha value is -4.00. The number of nitrogens with one attached hydrogen (secondary N) is 1. The molecule has 7 heteroatoms. The summed E-state index contributed by atoms with van der Waals surface area (Å²) in [6.07, 6.45) is 1.62. The first-order valence-electron chi connectivity index (χ1n) is 12.4. The lowest BCUT2D eigenvalue weighted by Crippen LogP contribution is -2.21. The zero-order chi connectivity index (χ0) is 25.8. The van der Waals surface area contributed by atoms with Gasteiger partial charge in [0.05, 0.1) is 26.0 Å². The highest BCUT2D eigenvalue weighted by atomic mass is 16.5. The maximum absolute atomic E-state index is 12.8. The Kier molecular flexibility index (Phi) is 10.2. The van der Waals surface area contributed by atoms with E-state index in [1.54, 1.807) is 18.3 Å². The van der Waals surface area contributed by atoms with Crippen LogP contribution in [0.2, 0.25) is 0 Å². The lowest BCUT2D eigenvalue weighted by molar-refractivity contribution is 0.0954. The van der Waals surface area contributed by atoms with Gasteiger partial charge in [-0.1, -0.05) is 42.5 Å². The van der Waals surface area contributed by atoms with Gasteiger partial charge in [-0.15, -0.1) is 0 Å². The van der Waals surface area contributed by atoms with Gasteiger partial charge in [0.2, 0.25) is 5.75 Å². The molecule has 0 unspecified atom stereocenters. The lowest BCUT2D eigenvalue weighted by atomic mass is 10.1. The Morgan fingerprint density at radius 3 is 2.03 bits per heavy atom. The van der Waals surface area contributed by atoms with Crippen LogP contribution in [-0.2, 0) is 6.54 Å². The van der Waals surface area contributed by atoms with E-state index in [-0.39, 0.29) is 5.91 Å². The second-order valence-corrected chi connectivity index (χ2v) is 7.89. The number of benzene rings is 3. The summed E-state index contributed by atoms with van der Waals surface area (Å²) < 4.78 is 17.1. The van der Waals surface area contributed by atoms with Crippen molar-refractivity contribution in [2.45, 2.75) is 34.2 Å². The van der Waals surface area contributed by atoms with Crippen molar-refractivity contribution in [2.75, 3.05) is 31.3 Å². The topological polar surface area (TPSA) is 72.4 Å². The predicted octanol–water partition coefficient (Wildman–Crippen LogP) is 5.67. The molecule has 1 N–H and O–H groups in total. The van der Waals surface area contributed by atoms with E-state index < -0.39 is 0 Å². The van der Waals surface area contributed by atoms with Gasteiger partial charge in [0.15, 0.2) is 11.5 Å². The first-order chi connectivity index (χ1) is 17.6. The van der Waals surface area contributed by atoms with E-state index in [4.69, 9.17) is 14.2 Å². The molecule has 36 heavy (non-hydrogen) atoms. The molecule has 0 aromatic heterocycles. The van der Waals surface area contributed by atoms with Gasteiger partial charge in [0.1, 0.15) is 0 Å². The number of carbonyl (C=O) groups is 1. The van der Waals surface area contributed by atoms with Crippen LogP contribution < -0.4 is 24.5 Å². The number of nitrogens with zero attached hydrogens (tertiary/aromatic N) is 2. The van der Waals surface area contributed by atoms with E-state index in [2.05, 4.69) is 58.7 Å². The van der Waals surface area contributed by atoms with E-state index in [1.807, 2.05) is 39.0 Å². The Labute approximate surface area is 213 Å². The van der Waals surface area contributed by atoms with E-state index in [0.717, 1.165) is 24.3 Å². The average molecular weight is 490 g/mol. The molecular formula is C29H35N3O4. The molecule has 0 aliphatic heterocycles. The summed E-state index contributed by atoms with van der Waals surface area (Å²) in [5.41, 5.74) is 6.23. The van der Waals surface area contributed by atoms with Crippen LogP contribution in [0.4, 0.5) is 5.69 Å². The molecular weight excluding hydrogens is 454 g/mol. The minimum atomic E-state index is -0.368. The average Bonchev–Trinajstić information content (AvgIpc) is 2.90. The van der Waals surface area contributed by atoms with E-state index >= 15 is 0 Å². The number of amides is 1. The number of ether oxygens (including phenoxy) is 3. The highest BCUT2D eigenvalue weighted by Crippen LogP contribution is 2.39. The molecule has 0 spiro atoms. The fourth-order valence-electron chi connectivity index (χ4n) is 3.71. The molecule has 0 saturated carbocycles. The van der Waals surface area contributed by atoms with Crippen molar-refractivity contribution < 1.29 is 19.0 Å². The van der Waals surface area contributed by atoms with Crippen molar-refractivity contribution in [3.63, 3.8) is 0 Å². The van der Waals surface area contributed by atoms with Crippen LogP contribution >= 0.6 is 0 Å². The van der Waals surface area contributed by atoms with Crippen LogP contribution in [-0.4, -0.2) is 38.5 Å². The maximum atomic E-state index is 12.8. The van der Waals surface area contributed by atoms with Crippen LogP contribution in [0.25, 0.3) is 0 Å². The van der Waals surface area contributed by atoms with Gasteiger partial charge in [-0.25, -0.2) is 5.43 Å². The standard InChI is InChI=1S/C29H35N3O4/c1-5-32(21-23-12-10-9-11-13-23)25-16-14-22(15-17-25)20-30-31-29(33)24-18-26(34-6-2)28(36-8-4)27(19-24)35-7-3/h9-20H,5-8,21H2,1-4H3,(H,31,33). The zero-order valence-electron chi connectivity index (χ0n) is 21.5. The Balaban J connectivity index is 1.68. The second kappa shape index (κ2) is 13.8. The van der Waals surface area contributed by atoms with Crippen LogP contribution in [0, 0.1) is 0 Å². The maximum Gasteiger partial charge on any atom is 0.271 e. The fraction of sp³-hybridized carbons (Fsp3) is 0.310. The summed E-state index contributed by atoms with van der Waals surface area (Å²) in [5.74, 6) is 1.06. The first kappa shape index (κ1) is 26.6. The van der Waals surface area contributed by atoms with Crippen molar-refractivity contribution in [3.8, 4) is 17.2 Å². The number of hydrogen-bond donors (Lipinski definition) is 1. The number of rotatable bonds is 13. The van der Waals surface area contributed by atoms with Crippen molar-refractivity contribution in [2.24, 2.45) is 5.10 Å². The van der Waals surface area contributed by atoms with Gasteiger partial charge < -0.3 is 19.1 Å². The van der Waals surface area contributed by atoms with Gasteiger partial charge in [0.25, 0.3) is 5.91 Å². The number of hydrogen-bond acceptors (Lipinski definition) is 6. The van der Waals surface area contributed by atoms with Gasteiger partial charge in [-0.2, -0.15) is 5.10 Å². The van der Waals surface area contributed by atoms with Gasteiger partial charge in [0, 0.05) is 24.3 Å².